The van der Waals surface area contributed by atoms with Gasteiger partial charge in [0.1, 0.15) is 0 Å². The van der Waals surface area contributed by atoms with E-state index in [-0.39, 0.29) is 11.8 Å². The third kappa shape index (κ3) is 9.57. The van der Waals surface area contributed by atoms with E-state index in [0.29, 0.717) is 40.9 Å². The normalized spacial score (nSPS) is 15.3. The number of carbonyl (C=O) groups is 3. The van der Waals surface area contributed by atoms with Crippen LogP contribution in [0.25, 0.3) is 40.7 Å². The molecule has 2 amide bonds. The summed E-state index contributed by atoms with van der Waals surface area (Å²) >= 11 is 8.52. The Morgan fingerprint density at radius 2 is 0.915 bits per heavy atom. The van der Waals surface area contributed by atoms with Crippen LogP contribution in [-0.4, -0.2) is 41.0 Å². The molecule has 5 aromatic rings. The number of aldehydes is 1. The van der Waals surface area contributed by atoms with Crippen molar-refractivity contribution < 1.29 is 14.4 Å². The smallest absolute Gasteiger partial charge is 0.261 e. The molecule has 0 saturated heterocycles. The number of hydrogen-bond donors (Lipinski definition) is 0. The minimum absolute atomic E-state index is 0.0525. The van der Waals surface area contributed by atoms with Crippen LogP contribution in [0.3, 0.4) is 0 Å². The van der Waals surface area contributed by atoms with E-state index < -0.39 is 0 Å². The van der Waals surface area contributed by atoms with Gasteiger partial charge in [0.15, 0.2) is 6.29 Å². The van der Waals surface area contributed by atoms with Gasteiger partial charge < -0.3 is 9.80 Å². The van der Waals surface area contributed by atoms with Crippen LogP contribution in [0.4, 0.5) is 0 Å². The number of nitrogens with zero attached hydrogens (tertiary/aromatic N) is 2. The van der Waals surface area contributed by atoms with Crippen LogP contribution < -0.4 is 0 Å². The molecule has 59 heavy (non-hydrogen) atoms. The summed E-state index contributed by atoms with van der Waals surface area (Å²) in [6.07, 6.45) is 15.6. The van der Waals surface area contributed by atoms with E-state index in [0.717, 1.165) is 99.9 Å². The molecular formula is C49H58N2O3S5. The summed E-state index contributed by atoms with van der Waals surface area (Å²) in [5.41, 5.74) is 2.68. The van der Waals surface area contributed by atoms with Gasteiger partial charge in [0.25, 0.3) is 11.8 Å². The first-order chi connectivity index (χ1) is 28.8. The maximum atomic E-state index is 15.2. The van der Waals surface area contributed by atoms with Gasteiger partial charge in [-0.25, -0.2) is 0 Å². The topological polar surface area (TPSA) is 57.7 Å². The van der Waals surface area contributed by atoms with Gasteiger partial charge in [-0.2, -0.15) is 0 Å². The molecule has 0 spiro atoms. The third-order valence-corrected chi connectivity index (χ3v) is 17.9. The van der Waals surface area contributed by atoms with Crippen molar-refractivity contribution in [2.24, 2.45) is 11.8 Å². The van der Waals surface area contributed by atoms with E-state index in [2.05, 4.69) is 83.1 Å². The number of fused-ring (bicyclic) bond motifs is 1. The van der Waals surface area contributed by atoms with E-state index in [1.807, 2.05) is 44.6 Å². The quantitative estimate of drug-likeness (QED) is 0.0485. The lowest BCUT2D eigenvalue weighted by molar-refractivity contribution is -0.124. The van der Waals surface area contributed by atoms with Gasteiger partial charge in [-0.15, -0.1) is 56.7 Å². The molecular weight excluding hydrogens is 825 g/mol. The summed E-state index contributed by atoms with van der Waals surface area (Å²) in [6.45, 7) is 12.3. The minimum Gasteiger partial charge on any atom is -0.306 e. The summed E-state index contributed by atoms with van der Waals surface area (Å²) in [4.78, 5) is 56.9. The van der Waals surface area contributed by atoms with E-state index in [1.54, 1.807) is 22.7 Å². The van der Waals surface area contributed by atoms with Crippen molar-refractivity contribution in [3.8, 4) is 29.3 Å². The van der Waals surface area contributed by atoms with Crippen LogP contribution in [0.15, 0.2) is 71.8 Å². The molecule has 0 saturated carbocycles. The number of rotatable bonds is 23. The highest BCUT2D eigenvalue weighted by molar-refractivity contribution is 7.26. The van der Waals surface area contributed by atoms with Crippen molar-refractivity contribution in [1.82, 2.24) is 9.80 Å². The monoisotopic (exact) mass is 882 g/mol. The second kappa shape index (κ2) is 20.4. The maximum absolute atomic E-state index is 15.2. The summed E-state index contributed by atoms with van der Waals surface area (Å²) in [6, 6.07) is 21.4. The molecule has 2 atom stereocenters. The zero-order chi connectivity index (χ0) is 41.5. The van der Waals surface area contributed by atoms with E-state index in [4.69, 9.17) is 0 Å². The predicted octanol–water partition coefficient (Wildman–Crippen LogP) is 15.2. The number of hydrogen-bond acceptors (Lipinski definition) is 8. The van der Waals surface area contributed by atoms with Crippen molar-refractivity contribution in [1.29, 1.82) is 0 Å². The van der Waals surface area contributed by atoms with Crippen molar-refractivity contribution in [2.75, 3.05) is 13.1 Å². The number of amides is 2. The number of unbranched alkanes of at least 4 members (excludes halogenated alkanes) is 5. The zero-order valence-corrected chi connectivity index (χ0v) is 39.4. The number of thiophene rings is 5. The Morgan fingerprint density at radius 3 is 1.37 bits per heavy atom. The lowest BCUT2D eigenvalue weighted by Gasteiger charge is -2.29. The molecule has 0 aromatic carbocycles. The number of aryl methyl sites for hydroxylation is 1. The second-order valence-corrected chi connectivity index (χ2v) is 21.5. The van der Waals surface area contributed by atoms with E-state index >= 15 is 9.59 Å². The summed E-state index contributed by atoms with van der Waals surface area (Å²) < 4.78 is 0. The molecule has 0 aliphatic carbocycles. The Kier molecular flexibility index (Phi) is 15.1. The van der Waals surface area contributed by atoms with Gasteiger partial charge in [0, 0.05) is 47.2 Å². The highest BCUT2D eigenvalue weighted by Crippen LogP contribution is 2.51. The molecule has 0 bridgehead atoms. The molecule has 7 heterocycles. The van der Waals surface area contributed by atoms with Crippen LogP contribution in [-0.2, 0) is 16.0 Å². The van der Waals surface area contributed by atoms with Crippen molar-refractivity contribution in [2.45, 2.75) is 118 Å². The molecule has 5 aromatic heterocycles. The fraction of sp³-hybridized carbons (Fsp3) is 0.449. The average molecular weight is 883 g/mol. The molecule has 7 rings (SSSR count). The molecule has 2 unspecified atom stereocenters. The van der Waals surface area contributed by atoms with Crippen LogP contribution >= 0.6 is 56.7 Å². The number of carbonyl (C=O) groups excluding carboxylic acids is 3. The van der Waals surface area contributed by atoms with E-state index in [9.17, 15) is 4.79 Å². The molecule has 2 aliphatic rings. The molecule has 0 N–H and O–H groups in total. The molecule has 0 fully saturated rings. The SMILES string of the molecule is CCCCCCc1ccc(-c2ccc(-c3ccc(C4=C5C(=O)N(CC(CC)CCCC)C(c6ccc(-c7ccc(C=O)s7)s6)=C5C(=O)N4CC(CC)CCCC)s3)s2)s1. The van der Waals surface area contributed by atoms with Crippen LogP contribution in [0.5, 0.6) is 0 Å². The first kappa shape index (κ1) is 43.7. The van der Waals surface area contributed by atoms with Crippen molar-refractivity contribution in [3.05, 3.63) is 91.3 Å². The summed E-state index contributed by atoms with van der Waals surface area (Å²) in [5.74, 6) is 0.560. The molecule has 5 nitrogen and oxygen atoms in total. The Labute approximate surface area is 371 Å². The summed E-state index contributed by atoms with van der Waals surface area (Å²) in [5, 5.41) is 0. The minimum atomic E-state index is -0.0525. The average Bonchev–Trinajstić information content (AvgIpc) is 4.10. The van der Waals surface area contributed by atoms with Crippen LogP contribution in [0.2, 0.25) is 0 Å². The van der Waals surface area contributed by atoms with Gasteiger partial charge in [-0.1, -0.05) is 92.4 Å². The van der Waals surface area contributed by atoms with Crippen LogP contribution in [0, 0.1) is 11.8 Å². The standard InChI is InChI=1S/C49H58N2O3S5/c1-6-11-14-15-18-34-19-21-36(55-34)38-23-24-40(57-38)41-26-28-43(59-41)47-45-44(48(53)51(47)30-33(10-5)17-13-8-3)46(50(49(45)54)29-32(9-4)16-12-7-2)42-27-25-39(58-42)37-22-20-35(31-52)56-37/h19-28,31-33H,6-18,29-30H2,1-5H3. The van der Waals surface area contributed by atoms with Crippen molar-refractivity contribution >= 4 is 86.2 Å². The fourth-order valence-corrected chi connectivity index (χ4v) is 13.6. The second-order valence-electron chi connectivity index (χ2n) is 16.0. The predicted molar refractivity (Wildman–Crippen MR) is 256 cm³/mol. The van der Waals surface area contributed by atoms with Crippen LogP contribution in [0.1, 0.15) is 136 Å². The maximum Gasteiger partial charge on any atom is 0.261 e. The molecule has 312 valence electrons. The van der Waals surface area contributed by atoms with Gasteiger partial charge in [-0.05, 0) is 98.2 Å². The Morgan fingerprint density at radius 1 is 0.492 bits per heavy atom. The highest BCUT2D eigenvalue weighted by atomic mass is 32.1. The van der Waals surface area contributed by atoms with Gasteiger partial charge in [0.05, 0.1) is 37.2 Å². The van der Waals surface area contributed by atoms with Gasteiger partial charge >= 0.3 is 0 Å². The Bertz CT molecular complexity index is 2290. The first-order valence-electron chi connectivity index (χ1n) is 21.9. The largest absolute Gasteiger partial charge is 0.306 e. The van der Waals surface area contributed by atoms with E-state index in [1.165, 1.54) is 56.5 Å². The molecule has 0 radical (unpaired) electrons. The lowest BCUT2D eigenvalue weighted by Crippen LogP contribution is -2.34. The highest BCUT2D eigenvalue weighted by Gasteiger charge is 2.50. The molecule has 10 heteroatoms. The Hall–Kier alpha value is -3.41. The lowest BCUT2D eigenvalue weighted by atomic mass is 9.98. The third-order valence-electron chi connectivity index (χ3n) is 11.8. The fourth-order valence-electron chi connectivity index (χ4n) is 8.33. The zero-order valence-electron chi connectivity index (χ0n) is 35.3. The van der Waals surface area contributed by atoms with Crippen molar-refractivity contribution in [3.63, 3.8) is 0 Å². The summed E-state index contributed by atoms with van der Waals surface area (Å²) in [7, 11) is 0. The van der Waals surface area contributed by atoms with Gasteiger partial charge in [-0.3, -0.25) is 14.4 Å². The molecule has 2 aliphatic heterocycles. The van der Waals surface area contributed by atoms with Gasteiger partial charge in [0.2, 0.25) is 0 Å². The Balaban J connectivity index is 1.29. The first-order valence-corrected chi connectivity index (χ1v) is 26.0.